The SMILES string of the molecule is COc1ccc(C(=O)NCCc2ccc(OC(C)C)cc2)cc1S(=O)(=O)N1CCCC1. The Bertz CT molecular complexity index is 997. The second-order valence-electron chi connectivity index (χ2n) is 7.79. The first-order chi connectivity index (χ1) is 14.8. The lowest BCUT2D eigenvalue weighted by molar-refractivity contribution is 0.0954. The fourth-order valence-corrected chi connectivity index (χ4v) is 5.21. The third kappa shape index (κ3) is 5.77. The van der Waals surface area contributed by atoms with Gasteiger partial charge in [-0.05, 0) is 69.0 Å². The van der Waals surface area contributed by atoms with E-state index in [1.165, 1.54) is 23.5 Å². The van der Waals surface area contributed by atoms with Gasteiger partial charge >= 0.3 is 0 Å². The molecular formula is C23H30N2O5S. The summed E-state index contributed by atoms with van der Waals surface area (Å²) in [6, 6.07) is 12.3. The van der Waals surface area contributed by atoms with Crippen molar-refractivity contribution in [2.75, 3.05) is 26.7 Å². The Morgan fingerprint density at radius 2 is 1.77 bits per heavy atom. The van der Waals surface area contributed by atoms with E-state index in [-0.39, 0.29) is 22.7 Å². The molecule has 2 aromatic carbocycles. The summed E-state index contributed by atoms with van der Waals surface area (Å²) in [7, 11) is -2.27. The van der Waals surface area contributed by atoms with Crippen LogP contribution in [0.1, 0.15) is 42.6 Å². The van der Waals surface area contributed by atoms with Crippen molar-refractivity contribution in [2.24, 2.45) is 0 Å². The van der Waals surface area contributed by atoms with Crippen molar-refractivity contribution in [2.45, 2.75) is 44.1 Å². The topological polar surface area (TPSA) is 84.9 Å². The van der Waals surface area contributed by atoms with E-state index in [0.717, 1.165) is 24.2 Å². The van der Waals surface area contributed by atoms with Crippen molar-refractivity contribution in [3.05, 3.63) is 53.6 Å². The summed E-state index contributed by atoms with van der Waals surface area (Å²) in [5.74, 6) is 0.736. The smallest absolute Gasteiger partial charge is 0.251 e. The van der Waals surface area contributed by atoms with Crippen LogP contribution in [0.3, 0.4) is 0 Å². The molecule has 0 radical (unpaired) electrons. The number of carbonyl (C=O) groups excluding carboxylic acids is 1. The van der Waals surface area contributed by atoms with E-state index in [1.807, 2.05) is 38.1 Å². The summed E-state index contributed by atoms with van der Waals surface area (Å²) in [6.45, 7) is 5.37. The summed E-state index contributed by atoms with van der Waals surface area (Å²) >= 11 is 0. The molecule has 8 heteroatoms. The van der Waals surface area contributed by atoms with Gasteiger partial charge in [0.1, 0.15) is 16.4 Å². The van der Waals surface area contributed by atoms with Crippen molar-refractivity contribution >= 4 is 15.9 Å². The van der Waals surface area contributed by atoms with Crippen LogP contribution in [0.5, 0.6) is 11.5 Å². The number of nitrogens with one attached hydrogen (secondary N) is 1. The predicted octanol–water partition coefficient (Wildman–Crippen LogP) is 3.24. The zero-order valence-electron chi connectivity index (χ0n) is 18.3. The van der Waals surface area contributed by atoms with Crippen LogP contribution < -0.4 is 14.8 Å². The Balaban J connectivity index is 1.65. The van der Waals surface area contributed by atoms with Crippen LogP contribution in [0.4, 0.5) is 0 Å². The van der Waals surface area contributed by atoms with Crippen molar-refractivity contribution in [1.29, 1.82) is 0 Å². The summed E-state index contributed by atoms with van der Waals surface area (Å²) in [6.07, 6.45) is 2.45. The number of methoxy groups -OCH3 is 1. The van der Waals surface area contributed by atoms with Crippen molar-refractivity contribution in [1.82, 2.24) is 9.62 Å². The quantitative estimate of drug-likeness (QED) is 0.639. The molecule has 0 saturated carbocycles. The van der Waals surface area contributed by atoms with Crippen LogP contribution in [-0.2, 0) is 16.4 Å². The lowest BCUT2D eigenvalue weighted by Gasteiger charge is -2.18. The zero-order chi connectivity index (χ0) is 22.4. The molecular weight excluding hydrogens is 416 g/mol. The largest absolute Gasteiger partial charge is 0.495 e. The maximum atomic E-state index is 13.0. The van der Waals surface area contributed by atoms with Crippen LogP contribution in [0, 0.1) is 0 Å². The van der Waals surface area contributed by atoms with Crippen LogP contribution in [0.2, 0.25) is 0 Å². The molecule has 1 fully saturated rings. The van der Waals surface area contributed by atoms with Gasteiger partial charge in [0.25, 0.3) is 5.91 Å². The number of sulfonamides is 1. The maximum absolute atomic E-state index is 13.0. The van der Waals surface area contributed by atoms with E-state index in [4.69, 9.17) is 9.47 Å². The molecule has 1 saturated heterocycles. The number of ether oxygens (including phenoxy) is 2. The number of benzene rings is 2. The minimum atomic E-state index is -3.70. The molecule has 31 heavy (non-hydrogen) atoms. The Morgan fingerprint density at radius 3 is 2.39 bits per heavy atom. The first-order valence-corrected chi connectivity index (χ1v) is 12.0. The monoisotopic (exact) mass is 446 g/mol. The number of hydrogen-bond acceptors (Lipinski definition) is 5. The molecule has 1 aliphatic heterocycles. The van der Waals surface area contributed by atoms with Crippen molar-refractivity contribution in [3.63, 3.8) is 0 Å². The van der Waals surface area contributed by atoms with E-state index in [2.05, 4.69) is 5.32 Å². The highest BCUT2D eigenvalue weighted by Gasteiger charge is 2.30. The molecule has 0 bridgehead atoms. The lowest BCUT2D eigenvalue weighted by Crippen LogP contribution is -2.29. The van der Waals surface area contributed by atoms with Gasteiger partial charge in [0.2, 0.25) is 10.0 Å². The van der Waals surface area contributed by atoms with Crippen LogP contribution in [0.15, 0.2) is 47.4 Å². The summed E-state index contributed by atoms with van der Waals surface area (Å²) in [5, 5.41) is 2.86. The second-order valence-corrected chi connectivity index (χ2v) is 9.70. The van der Waals surface area contributed by atoms with E-state index in [9.17, 15) is 13.2 Å². The van der Waals surface area contributed by atoms with Gasteiger partial charge in [-0.2, -0.15) is 4.31 Å². The second kappa shape index (κ2) is 10.2. The highest BCUT2D eigenvalue weighted by molar-refractivity contribution is 7.89. The Labute approximate surface area is 184 Å². The van der Waals surface area contributed by atoms with E-state index < -0.39 is 10.0 Å². The molecule has 1 heterocycles. The van der Waals surface area contributed by atoms with Gasteiger partial charge in [0.15, 0.2) is 0 Å². The van der Waals surface area contributed by atoms with Gasteiger partial charge in [-0.3, -0.25) is 4.79 Å². The zero-order valence-corrected chi connectivity index (χ0v) is 19.1. The van der Waals surface area contributed by atoms with Crippen molar-refractivity contribution < 1.29 is 22.7 Å². The number of carbonyl (C=O) groups is 1. The predicted molar refractivity (Wildman–Crippen MR) is 119 cm³/mol. The summed E-state index contributed by atoms with van der Waals surface area (Å²) < 4.78 is 38.3. The highest BCUT2D eigenvalue weighted by Crippen LogP contribution is 2.29. The minimum Gasteiger partial charge on any atom is -0.495 e. The molecule has 0 atom stereocenters. The lowest BCUT2D eigenvalue weighted by atomic mass is 10.1. The molecule has 2 aromatic rings. The third-order valence-electron chi connectivity index (χ3n) is 5.10. The Morgan fingerprint density at radius 1 is 1.10 bits per heavy atom. The first kappa shape index (κ1) is 23.1. The molecule has 0 aromatic heterocycles. The fourth-order valence-electron chi connectivity index (χ4n) is 3.52. The number of rotatable bonds is 9. The molecule has 0 unspecified atom stereocenters. The van der Waals surface area contributed by atoms with E-state index in [0.29, 0.717) is 31.6 Å². The molecule has 1 aliphatic rings. The van der Waals surface area contributed by atoms with Crippen LogP contribution >= 0.6 is 0 Å². The van der Waals surface area contributed by atoms with Gasteiger partial charge in [-0.25, -0.2) is 8.42 Å². The number of hydrogen-bond donors (Lipinski definition) is 1. The van der Waals surface area contributed by atoms with Gasteiger partial charge in [0.05, 0.1) is 13.2 Å². The molecule has 0 spiro atoms. The van der Waals surface area contributed by atoms with Gasteiger partial charge < -0.3 is 14.8 Å². The molecule has 7 nitrogen and oxygen atoms in total. The normalized spacial score (nSPS) is 14.6. The van der Waals surface area contributed by atoms with Crippen molar-refractivity contribution in [3.8, 4) is 11.5 Å². The maximum Gasteiger partial charge on any atom is 0.251 e. The third-order valence-corrected chi connectivity index (χ3v) is 7.02. The number of nitrogens with zero attached hydrogens (tertiary/aromatic N) is 1. The molecule has 168 valence electrons. The highest BCUT2D eigenvalue weighted by atomic mass is 32.2. The standard InChI is InChI=1S/C23H30N2O5S/c1-17(2)30-20-9-6-18(7-10-20)12-13-24-23(26)19-8-11-21(29-3)22(16-19)31(27,28)25-14-4-5-15-25/h6-11,16-17H,4-5,12-15H2,1-3H3,(H,24,26). The average molecular weight is 447 g/mol. The molecule has 1 amide bonds. The average Bonchev–Trinajstić information content (AvgIpc) is 3.30. The summed E-state index contributed by atoms with van der Waals surface area (Å²) in [5.41, 5.74) is 1.36. The number of amides is 1. The van der Waals surface area contributed by atoms with Crippen LogP contribution in [-0.4, -0.2) is 51.5 Å². The summed E-state index contributed by atoms with van der Waals surface area (Å²) in [4.78, 5) is 12.7. The van der Waals surface area contributed by atoms with E-state index >= 15 is 0 Å². The van der Waals surface area contributed by atoms with E-state index in [1.54, 1.807) is 6.07 Å². The van der Waals surface area contributed by atoms with Gasteiger partial charge in [0, 0.05) is 25.2 Å². The molecule has 3 rings (SSSR count). The first-order valence-electron chi connectivity index (χ1n) is 10.5. The fraction of sp³-hybridized carbons (Fsp3) is 0.435. The molecule has 1 N–H and O–H groups in total. The minimum absolute atomic E-state index is 0.0327. The van der Waals surface area contributed by atoms with Crippen LogP contribution in [0.25, 0.3) is 0 Å². The Hall–Kier alpha value is -2.58. The van der Waals surface area contributed by atoms with Gasteiger partial charge in [-0.15, -0.1) is 0 Å². The van der Waals surface area contributed by atoms with Gasteiger partial charge in [-0.1, -0.05) is 12.1 Å². The Kier molecular flexibility index (Phi) is 7.56. The molecule has 0 aliphatic carbocycles.